The first kappa shape index (κ1) is 44.1. The second-order valence-corrected chi connectivity index (χ2v) is 21.0. The predicted molar refractivity (Wildman–Crippen MR) is 306 cm³/mol. The lowest BCUT2D eigenvalue weighted by Gasteiger charge is -2.42. The van der Waals surface area contributed by atoms with Gasteiger partial charge in [0.15, 0.2) is 29.0 Å². The Morgan fingerprint density at radius 2 is 1.22 bits per heavy atom. The molecule has 1 spiro atoms. The Balaban J connectivity index is 0.852. The summed E-state index contributed by atoms with van der Waals surface area (Å²) in [5, 5.41) is 6.50. The Kier molecular flexibility index (Phi) is 10.1. The summed E-state index contributed by atoms with van der Waals surface area (Å²) >= 11 is 1.79. The van der Waals surface area contributed by atoms with Crippen LogP contribution in [0, 0.1) is 13.8 Å². The number of aromatic nitrogens is 4. The highest BCUT2D eigenvalue weighted by atomic mass is 32.2. The molecule has 0 bridgehead atoms. The summed E-state index contributed by atoms with van der Waals surface area (Å²) in [6, 6.07) is 75.4. The fourth-order valence-corrected chi connectivity index (χ4v) is 13.2. The summed E-state index contributed by atoms with van der Waals surface area (Å²) in [5.41, 5.74) is 17.5. The van der Waals surface area contributed by atoms with Crippen LogP contribution in [0.2, 0.25) is 0 Å². The maximum atomic E-state index is 7.20. The van der Waals surface area contributed by atoms with Crippen LogP contribution >= 0.6 is 11.8 Å². The van der Waals surface area contributed by atoms with Gasteiger partial charge in [-0.25, -0.2) is 15.0 Å². The number of aryl methyl sites for hydroxylation is 2. The average molecular weight is 995 g/mol. The molecule has 11 aromatic rings. The minimum atomic E-state index is -0.704. The van der Waals surface area contributed by atoms with Crippen LogP contribution in [0.5, 0.6) is 11.5 Å². The topological polar surface area (TPSA) is 76.1 Å². The number of allylic oxidation sites excluding steroid dienone is 2. The highest BCUT2D eigenvalue weighted by Crippen LogP contribution is 2.66. The first-order chi connectivity index (χ1) is 37.5. The number of pyridine rings is 1. The van der Waals surface area contributed by atoms with Gasteiger partial charge in [0, 0.05) is 33.5 Å². The number of para-hydroxylation sites is 2. The largest absolute Gasteiger partial charge is 0.452 e. The van der Waals surface area contributed by atoms with E-state index in [-0.39, 0.29) is 6.04 Å². The predicted octanol–water partition coefficient (Wildman–Crippen LogP) is 16.7. The molecule has 7 nitrogen and oxygen atoms in total. The zero-order chi connectivity index (χ0) is 50.5. The molecule has 3 aliphatic heterocycles. The third-order valence-electron chi connectivity index (χ3n) is 15.3. The van der Waals surface area contributed by atoms with Gasteiger partial charge in [0.2, 0.25) is 0 Å². The monoisotopic (exact) mass is 994 g/mol. The number of hydrogen-bond acceptors (Lipinski definition) is 8. The maximum absolute atomic E-state index is 7.20. The van der Waals surface area contributed by atoms with E-state index in [9.17, 15) is 0 Å². The summed E-state index contributed by atoms with van der Waals surface area (Å²) < 4.78 is 7.20. The molecule has 0 fully saturated rings. The van der Waals surface area contributed by atoms with Crippen LogP contribution in [-0.2, 0) is 5.41 Å². The van der Waals surface area contributed by atoms with E-state index in [0.29, 0.717) is 17.5 Å². The van der Waals surface area contributed by atoms with Gasteiger partial charge < -0.3 is 15.0 Å². The van der Waals surface area contributed by atoms with Crippen molar-refractivity contribution in [2.75, 3.05) is 4.90 Å². The summed E-state index contributed by atoms with van der Waals surface area (Å²) in [5.74, 6) is 3.54. The Bertz CT molecular complexity index is 4230. The van der Waals surface area contributed by atoms with Gasteiger partial charge in [-0.1, -0.05) is 187 Å². The SMILES string of the molecule is Cc1cccc(-c2nc(-c3cccc(C)c3)nc(-c3cccc(C4C=CC5=C(N4)c4ncccc4C54c5ccccc5Sc5c4ccc4c5Oc5ccccc5N4c4cccc(-c5cccc6ccccc56)c4)c3)n2)c1. The summed E-state index contributed by atoms with van der Waals surface area (Å²) in [4.78, 5) is 25.1. The van der Waals surface area contributed by atoms with E-state index >= 15 is 0 Å². The molecule has 4 aliphatic rings. The van der Waals surface area contributed by atoms with Gasteiger partial charge in [-0.15, -0.1) is 0 Å². The van der Waals surface area contributed by atoms with Gasteiger partial charge in [0.1, 0.15) is 0 Å². The molecule has 0 saturated carbocycles. The zero-order valence-corrected chi connectivity index (χ0v) is 42.4. The molecule has 5 heterocycles. The first-order valence-corrected chi connectivity index (χ1v) is 26.5. The minimum Gasteiger partial charge on any atom is -0.452 e. The van der Waals surface area contributed by atoms with Gasteiger partial charge in [0.25, 0.3) is 0 Å². The number of rotatable bonds is 6. The number of anilines is 3. The third kappa shape index (κ3) is 6.91. The molecular weight excluding hydrogens is 949 g/mol. The Morgan fingerprint density at radius 1 is 0.553 bits per heavy atom. The van der Waals surface area contributed by atoms with E-state index in [1.165, 1.54) is 26.8 Å². The number of dihydropyridines is 1. The fraction of sp³-hybridized carbons (Fsp3) is 0.0588. The van der Waals surface area contributed by atoms with Crippen LogP contribution in [0.4, 0.5) is 17.1 Å². The molecule has 0 saturated heterocycles. The van der Waals surface area contributed by atoms with Crippen molar-refractivity contribution in [2.24, 2.45) is 0 Å². The molecule has 2 unspecified atom stereocenters. The summed E-state index contributed by atoms with van der Waals surface area (Å²) in [6.07, 6.45) is 6.56. The van der Waals surface area contributed by atoms with Gasteiger partial charge in [0.05, 0.1) is 39.1 Å². The van der Waals surface area contributed by atoms with Crippen LogP contribution in [0.25, 0.3) is 61.8 Å². The maximum Gasteiger partial charge on any atom is 0.165 e. The Morgan fingerprint density at radius 3 is 2.04 bits per heavy atom. The summed E-state index contributed by atoms with van der Waals surface area (Å²) in [7, 11) is 0. The van der Waals surface area contributed by atoms with Gasteiger partial charge in [-0.05, 0) is 124 Å². The molecule has 15 rings (SSSR count). The van der Waals surface area contributed by atoms with E-state index in [0.717, 1.165) is 100 Å². The molecule has 0 amide bonds. The van der Waals surface area contributed by atoms with Gasteiger partial charge in [-0.3, -0.25) is 4.98 Å². The lowest BCUT2D eigenvalue weighted by molar-refractivity contribution is 0.461. The number of benzene rings is 9. The molecule has 8 heteroatoms. The van der Waals surface area contributed by atoms with E-state index in [4.69, 9.17) is 24.7 Å². The van der Waals surface area contributed by atoms with Crippen molar-refractivity contribution < 1.29 is 4.74 Å². The number of fused-ring (bicyclic) bond motifs is 12. The molecule has 76 heavy (non-hydrogen) atoms. The van der Waals surface area contributed by atoms with Crippen molar-refractivity contribution in [3.05, 3.63) is 275 Å². The Hall–Kier alpha value is -9.37. The number of nitrogens with one attached hydrogen (secondary N) is 1. The van der Waals surface area contributed by atoms with Gasteiger partial charge in [-0.2, -0.15) is 0 Å². The molecule has 2 atom stereocenters. The van der Waals surface area contributed by atoms with Crippen molar-refractivity contribution >= 4 is 45.3 Å². The Labute approximate surface area is 445 Å². The lowest BCUT2D eigenvalue weighted by atomic mass is 9.66. The van der Waals surface area contributed by atoms with Crippen molar-refractivity contribution in [1.82, 2.24) is 25.3 Å². The van der Waals surface area contributed by atoms with E-state index < -0.39 is 5.41 Å². The highest BCUT2D eigenvalue weighted by molar-refractivity contribution is 7.99. The number of hydrogen-bond donors (Lipinski definition) is 1. The lowest BCUT2D eigenvalue weighted by Crippen LogP contribution is -2.34. The van der Waals surface area contributed by atoms with Crippen molar-refractivity contribution in [2.45, 2.75) is 35.1 Å². The first-order valence-electron chi connectivity index (χ1n) is 25.7. The second-order valence-electron chi connectivity index (χ2n) is 20.0. The van der Waals surface area contributed by atoms with E-state index in [2.05, 4.69) is 249 Å². The average Bonchev–Trinajstić information content (AvgIpc) is 4.01. The zero-order valence-electron chi connectivity index (χ0n) is 41.6. The van der Waals surface area contributed by atoms with Gasteiger partial charge >= 0.3 is 0 Å². The van der Waals surface area contributed by atoms with E-state index in [1.54, 1.807) is 11.8 Å². The van der Waals surface area contributed by atoms with Crippen LogP contribution in [0.1, 0.15) is 45.1 Å². The van der Waals surface area contributed by atoms with Crippen LogP contribution in [-0.4, -0.2) is 19.9 Å². The molecule has 1 N–H and O–H groups in total. The highest BCUT2D eigenvalue weighted by Gasteiger charge is 2.54. The van der Waals surface area contributed by atoms with Crippen molar-refractivity contribution in [3.8, 4) is 56.8 Å². The fourth-order valence-electron chi connectivity index (χ4n) is 12.0. The van der Waals surface area contributed by atoms with Crippen LogP contribution in [0.15, 0.2) is 246 Å². The molecule has 0 radical (unpaired) electrons. The molecular formula is C68H46N6OS. The molecule has 360 valence electrons. The molecule has 1 aliphatic carbocycles. The quantitative estimate of drug-likeness (QED) is 0.177. The number of ether oxygens (including phenoxy) is 1. The van der Waals surface area contributed by atoms with Crippen molar-refractivity contribution in [1.29, 1.82) is 0 Å². The third-order valence-corrected chi connectivity index (χ3v) is 16.5. The molecule has 2 aromatic heterocycles. The smallest absolute Gasteiger partial charge is 0.165 e. The van der Waals surface area contributed by atoms with Crippen LogP contribution in [0.3, 0.4) is 0 Å². The standard InChI is InChI=1S/C68H46N6OS/c1-41-15-9-21-46(37-41)65-71-66(47-22-10-16-42(2)38-47)73-67(72-65)48-23-11-20-45(39-48)56-34-32-54-62(70-56)61-53(28-14-36-69-61)68(54)52-27-5-8-31-60(52)76-64-55(68)33-35-58-63(64)75-59-30-7-6-29-57(59)74(58)49-24-12-19-44(40-49)51-26-13-18-43-17-3-4-25-50(43)51/h3-40,56,70H,1-2H3. The normalized spacial score (nSPS) is 16.5. The van der Waals surface area contributed by atoms with Crippen LogP contribution < -0.4 is 15.0 Å². The minimum absolute atomic E-state index is 0.174. The van der Waals surface area contributed by atoms with E-state index in [1.807, 2.05) is 6.20 Å². The van der Waals surface area contributed by atoms with Crippen molar-refractivity contribution in [3.63, 3.8) is 0 Å². The molecule has 9 aromatic carbocycles. The number of nitrogens with zero attached hydrogens (tertiary/aromatic N) is 5. The second kappa shape index (κ2) is 17.4. The summed E-state index contributed by atoms with van der Waals surface area (Å²) in [6.45, 7) is 4.19.